The molecule has 0 radical (unpaired) electrons. The molecule has 2 N–H and O–H groups in total. The number of halogens is 2. The van der Waals surface area contributed by atoms with Crippen LogP contribution >= 0.6 is 35.3 Å². The van der Waals surface area contributed by atoms with E-state index in [2.05, 4.69) is 38.9 Å². The Morgan fingerprint density at radius 3 is 2.62 bits per heavy atom. The van der Waals surface area contributed by atoms with E-state index in [0.29, 0.717) is 13.1 Å². The Bertz CT molecular complexity index is 702. The first-order valence-corrected chi connectivity index (χ1v) is 9.36. The lowest BCUT2D eigenvalue weighted by Gasteiger charge is -2.26. The Balaban J connectivity index is 0.00000338. The van der Waals surface area contributed by atoms with E-state index in [0.717, 1.165) is 18.1 Å². The molecule has 7 heteroatoms. The molecular formula is C19H28FIN4S. The normalized spacial score (nSPS) is 12.6. The van der Waals surface area contributed by atoms with Gasteiger partial charge in [0.1, 0.15) is 5.82 Å². The number of benzene rings is 1. The summed E-state index contributed by atoms with van der Waals surface area (Å²) < 4.78 is 13.6. The van der Waals surface area contributed by atoms with Gasteiger partial charge >= 0.3 is 0 Å². The molecule has 0 amide bonds. The van der Waals surface area contributed by atoms with E-state index in [1.807, 2.05) is 27.1 Å². The molecule has 0 aliphatic carbocycles. The molecule has 0 aliphatic rings. The summed E-state index contributed by atoms with van der Waals surface area (Å²) in [5, 5.41) is 8.74. The van der Waals surface area contributed by atoms with E-state index in [1.54, 1.807) is 23.5 Å². The minimum atomic E-state index is -0.210. The van der Waals surface area contributed by atoms with Crippen LogP contribution in [0.1, 0.15) is 29.0 Å². The number of guanidine groups is 1. The molecule has 1 heterocycles. The maximum absolute atomic E-state index is 13.6. The van der Waals surface area contributed by atoms with Crippen LogP contribution in [0.15, 0.2) is 40.7 Å². The first kappa shape index (κ1) is 22.9. The highest BCUT2D eigenvalue weighted by Crippen LogP contribution is 2.18. The predicted octanol–water partition coefficient (Wildman–Crippen LogP) is 4.17. The molecule has 1 atom stereocenters. The van der Waals surface area contributed by atoms with Crippen LogP contribution in [-0.2, 0) is 6.54 Å². The van der Waals surface area contributed by atoms with Crippen molar-refractivity contribution in [3.05, 3.63) is 57.5 Å². The lowest BCUT2D eigenvalue weighted by Crippen LogP contribution is -2.41. The highest BCUT2D eigenvalue weighted by molar-refractivity contribution is 14.0. The van der Waals surface area contributed by atoms with Gasteiger partial charge in [0, 0.05) is 18.0 Å². The Morgan fingerprint density at radius 1 is 1.27 bits per heavy atom. The summed E-state index contributed by atoms with van der Waals surface area (Å²) in [6, 6.07) is 8.93. The van der Waals surface area contributed by atoms with Gasteiger partial charge < -0.3 is 15.5 Å². The minimum Gasteiger partial charge on any atom is -0.357 e. The van der Waals surface area contributed by atoms with Gasteiger partial charge in [0.15, 0.2) is 5.96 Å². The van der Waals surface area contributed by atoms with Crippen LogP contribution in [0.2, 0.25) is 0 Å². The summed E-state index contributed by atoms with van der Waals surface area (Å²) in [7, 11) is 3.99. The molecule has 26 heavy (non-hydrogen) atoms. The standard InChI is InChI=1S/C19H27FN4S.HI/c1-5-21-19(23-13-18-14(2)9-10-25-18)22-12-17(24(3)4)15-7-6-8-16(20)11-15;/h6-11,17H,5,12-13H2,1-4H3,(H2,21,22,23);1H. The zero-order chi connectivity index (χ0) is 18.2. The van der Waals surface area contributed by atoms with Crippen molar-refractivity contribution in [3.63, 3.8) is 0 Å². The van der Waals surface area contributed by atoms with E-state index in [9.17, 15) is 4.39 Å². The van der Waals surface area contributed by atoms with Crippen LogP contribution in [-0.4, -0.2) is 38.0 Å². The summed E-state index contributed by atoms with van der Waals surface area (Å²) in [4.78, 5) is 8.02. The quantitative estimate of drug-likeness (QED) is 0.348. The lowest BCUT2D eigenvalue weighted by atomic mass is 10.1. The van der Waals surface area contributed by atoms with Gasteiger partial charge in [0.25, 0.3) is 0 Å². The molecule has 2 rings (SSSR count). The molecule has 2 aromatic rings. The van der Waals surface area contributed by atoms with Crippen LogP contribution in [0, 0.1) is 12.7 Å². The molecule has 0 fully saturated rings. The Labute approximate surface area is 176 Å². The second-order valence-corrected chi connectivity index (χ2v) is 7.14. The molecule has 0 spiro atoms. The molecule has 0 aliphatic heterocycles. The third kappa shape index (κ3) is 6.85. The maximum atomic E-state index is 13.6. The van der Waals surface area contributed by atoms with Gasteiger partial charge in [-0.15, -0.1) is 35.3 Å². The highest BCUT2D eigenvalue weighted by atomic mass is 127. The summed E-state index contributed by atoms with van der Waals surface area (Å²) in [5.74, 6) is 0.566. The number of aliphatic imine (C=N–C) groups is 1. The van der Waals surface area contributed by atoms with Gasteiger partial charge in [0.05, 0.1) is 12.6 Å². The van der Waals surface area contributed by atoms with E-state index in [4.69, 9.17) is 0 Å². The molecule has 1 aromatic heterocycles. The van der Waals surface area contributed by atoms with Gasteiger partial charge in [-0.25, -0.2) is 9.38 Å². The number of likely N-dealkylation sites (N-methyl/N-ethyl adjacent to an activating group) is 1. The van der Waals surface area contributed by atoms with Crippen molar-refractivity contribution in [2.24, 2.45) is 4.99 Å². The topological polar surface area (TPSA) is 39.7 Å². The first-order chi connectivity index (χ1) is 12.0. The fourth-order valence-electron chi connectivity index (χ4n) is 2.56. The Hall–Kier alpha value is -1.19. The van der Waals surface area contributed by atoms with Crippen molar-refractivity contribution in [3.8, 4) is 0 Å². The van der Waals surface area contributed by atoms with Gasteiger partial charge in [-0.3, -0.25) is 0 Å². The highest BCUT2D eigenvalue weighted by Gasteiger charge is 2.15. The van der Waals surface area contributed by atoms with Gasteiger partial charge in [-0.05, 0) is 62.6 Å². The summed E-state index contributed by atoms with van der Waals surface area (Å²) in [6.07, 6.45) is 0. The number of nitrogens with one attached hydrogen (secondary N) is 2. The van der Waals surface area contributed by atoms with Crippen LogP contribution < -0.4 is 10.6 Å². The molecule has 0 bridgehead atoms. The van der Waals surface area contributed by atoms with E-state index >= 15 is 0 Å². The van der Waals surface area contributed by atoms with Crippen molar-refractivity contribution < 1.29 is 4.39 Å². The largest absolute Gasteiger partial charge is 0.357 e. The van der Waals surface area contributed by atoms with Crippen molar-refractivity contribution in [2.45, 2.75) is 26.4 Å². The van der Waals surface area contributed by atoms with Crippen LogP contribution in [0.5, 0.6) is 0 Å². The molecule has 1 unspecified atom stereocenters. The van der Waals surface area contributed by atoms with Crippen molar-refractivity contribution in [1.82, 2.24) is 15.5 Å². The van der Waals surface area contributed by atoms with Crippen LogP contribution in [0.3, 0.4) is 0 Å². The Morgan fingerprint density at radius 2 is 2.04 bits per heavy atom. The second-order valence-electron chi connectivity index (χ2n) is 6.14. The fraction of sp³-hybridized carbons (Fsp3) is 0.421. The number of hydrogen-bond acceptors (Lipinski definition) is 3. The zero-order valence-corrected chi connectivity index (χ0v) is 18.9. The van der Waals surface area contributed by atoms with Crippen LogP contribution in [0.25, 0.3) is 0 Å². The minimum absolute atomic E-state index is 0. The number of aryl methyl sites for hydroxylation is 1. The second kappa shape index (κ2) is 11.5. The number of nitrogens with zero attached hydrogens (tertiary/aromatic N) is 2. The Kier molecular flexibility index (Phi) is 10.1. The predicted molar refractivity (Wildman–Crippen MR) is 120 cm³/mol. The summed E-state index contributed by atoms with van der Waals surface area (Å²) in [6.45, 7) is 6.25. The zero-order valence-electron chi connectivity index (χ0n) is 15.8. The number of rotatable bonds is 7. The molecule has 0 saturated heterocycles. The van der Waals surface area contributed by atoms with Crippen LogP contribution in [0.4, 0.5) is 4.39 Å². The molecule has 1 aromatic carbocycles. The molecule has 0 saturated carbocycles. The van der Waals surface area contributed by atoms with Gasteiger partial charge in [-0.2, -0.15) is 0 Å². The third-order valence-corrected chi connectivity index (χ3v) is 5.02. The average molecular weight is 490 g/mol. The van der Waals surface area contributed by atoms with E-state index < -0.39 is 0 Å². The van der Waals surface area contributed by atoms with Crippen molar-refractivity contribution in [2.75, 3.05) is 27.2 Å². The summed E-state index contributed by atoms with van der Waals surface area (Å²) in [5.41, 5.74) is 2.22. The monoisotopic (exact) mass is 490 g/mol. The first-order valence-electron chi connectivity index (χ1n) is 8.48. The SMILES string of the molecule is CCNC(=NCc1sccc1C)NCC(c1cccc(F)c1)N(C)C.I. The molecular weight excluding hydrogens is 462 g/mol. The number of thiophene rings is 1. The third-order valence-electron chi connectivity index (χ3n) is 4.01. The number of hydrogen-bond donors (Lipinski definition) is 2. The summed E-state index contributed by atoms with van der Waals surface area (Å²) >= 11 is 1.72. The molecule has 144 valence electrons. The van der Waals surface area contributed by atoms with E-state index in [-0.39, 0.29) is 35.8 Å². The lowest BCUT2D eigenvalue weighted by molar-refractivity contribution is 0.297. The smallest absolute Gasteiger partial charge is 0.191 e. The van der Waals surface area contributed by atoms with E-state index in [1.165, 1.54) is 16.5 Å². The van der Waals surface area contributed by atoms with Crippen molar-refractivity contribution >= 4 is 41.3 Å². The maximum Gasteiger partial charge on any atom is 0.191 e. The fourth-order valence-corrected chi connectivity index (χ4v) is 3.39. The van der Waals surface area contributed by atoms with Crippen molar-refractivity contribution in [1.29, 1.82) is 0 Å². The molecule has 4 nitrogen and oxygen atoms in total. The van der Waals surface area contributed by atoms with Gasteiger partial charge in [0.2, 0.25) is 0 Å². The van der Waals surface area contributed by atoms with Gasteiger partial charge in [-0.1, -0.05) is 12.1 Å². The average Bonchev–Trinajstić information content (AvgIpc) is 2.97.